The minimum absolute atomic E-state index is 0.151. The molecule has 0 atom stereocenters. The fraction of sp³-hybridized carbons (Fsp3) is 0.148. The summed E-state index contributed by atoms with van der Waals surface area (Å²) in [5.41, 5.74) is 6.76. The van der Waals surface area contributed by atoms with Crippen molar-refractivity contribution in [3.63, 3.8) is 0 Å². The minimum atomic E-state index is -1.26. The molecule has 8 heteroatoms. The van der Waals surface area contributed by atoms with Crippen molar-refractivity contribution in [1.82, 2.24) is 9.88 Å². The molecular formula is C27H28N4O3S. The number of oxime groups is 1. The van der Waals surface area contributed by atoms with Crippen molar-refractivity contribution in [3.05, 3.63) is 119 Å². The van der Waals surface area contributed by atoms with E-state index < -0.39 is 11.6 Å². The molecule has 1 aromatic heterocycles. The number of aliphatic carboxylic acids is 1. The van der Waals surface area contributed by atoms with Gasteiger partial charge in [0.15, 0.2) is 5.13 Å². The second kappa shape index (κ2) is 11.9. The highest BCUT2D eigenvalue weighted by Gasteiger charge is 2.40. The third kappa shape index (κ3) is 6.32. The van der Waals surface area contributed by atoms with E-state index in [4.69, 9.17) is 10.6 Å². The first-order valence-electron chi connectivity index (χ1n) is 10.8. The maximum atomic E-state index is 11.9. The van der Waals surface area contributed by atoms with E-state index in [2.05, 4.69) is 10.1 Å². The predicted molar refractivity (Wildman–Crippen MR) is 141 cm³/mol. The van der Waals surface area contributed by atoms with Crippen LogP contribution < -0.4 is 5.73 Å². The summed E-state index contributed by atoms with van der Waals surface area (Å²) < 4.78 is 0. The van der Waals surface area contributed by atoms with Gasteiger partial charge in [0, 0.05) is 22.1 Å². The summed E-state index contributed by atoms with van der Waals surface area (Å²) in [5.74, 6) is -1.26. The van der Waals surface area contributed by atoms with Crippen molar-refractivity contribution in [2.45, 2.75) is 5.60 Å². The maximum absolute atomic E-state index is 11.9. The van der Waals surface area contributed by atoms with Crippen LogP contribution in [0.5, 0.6) is 0 Å². The van der Waals surface area contributed by atoms with Crippen LogP contribution in [0, 0.1) is 0 Å². The second-order valence-electron chi connectivity index (χ2n) is 8.03. The molecule has 3 aromatic carbocycles. The van der Waals surface area contributed by atoms with Crippen molar-refractivity contribution >= 4 is 28.1 Å². The average Bonchev–Trinajstić information content (AvgIpc) is 3.29. The van der Waals surface area contributed by atoms with Gasteiger partial charge in [0.1, 0.15) is 5.69 Å². The lowest BCUT2D eigenvalue weighted by molar-refractivity contribution is -0.129. The molecule has 0 saturated carbocycles. The highest BCUT2D eigenvalue weighted by Crippen LogP contribution is 2.40. The van der Waals surface area contributed by atoms with Crippen LogP contribution in [0.25, 0.3) is 0 Å². The molecule has 180 valence electrons. The Morgan fingerprint density at radius 1 is 0.886 bits per heavy atom. The number of rotatable bonds is 7. The van der Waals surface area contributed by atoms with Gasteiger partial charge in [0.2, 0.25) is 11.3 Å². The van der Waals surface area contributed by atoms with Gasteiger partial charge in [-0.25, -0.2) is 9.78 Å². The molecule has 4 rings (SSSR count). The van der Waals surface area contributed by atoms with Crippen molar-refractivity contribution in [2.75, 3.05) is 26.9 Å². The van der Waals surface area contributed by atoms with E-state index in [-0.39, 0.29) is 16.5 Å². The van der Waals surface area contributed by atoms with E-state index in [0.29, 0.717) is 0 Å². The van der Waals surface area contributed by atoms with Crippen LogP contribution in [-0.4, -0.2) is 47.8 Å². The molecule has 0 radical (unpaired) electrons. The highest BCUT2D eigenvalue weighted by atomic mass is 32.1. The summed E-state index contributed by atoms with van der Waals surface area (Å²) in [4.78, 5) is 24.2. The first-order valence-corrected chi connectivity index (χ1v) is 11.7. The minimum Gasteiger partial charge on any atom is -0.476 e. The van der Waals surface area contributed by atoms with Gasteiger partial charge in [-0.1, -0.05) is 96.2 Å². The molecule has 0 amide bonds. The van der Waals surface area contributed by atoms with Gasteiger partial charge in [-0.15, -0.1) is 11.3 Å². The Balaban J connectivity index is 0.000000795. The number of benzene rings is 3. The Hall–Kier alpha value is -4.01. The maximum Gasteiger partial charge on any atom is 0.360 e. The quantitative estimate of drug-likeness (QED) is 0.222. The third-order valence-corrected chi connectivity index (χ3v) is 5.46. The summed E-state index contributed by atoms with van der Waals surface area (Å²) in [7, 11) is 6.00. The zero-order valence-electron chi connectivity index (χ0n) is 19.8. The van der Waals surface area contributed by atoms with E-state index in [0.717, 1.165) is 28.0 Å². The summed E-state index contributed by atoms with van der Waals surface area (Å²) in [5, 5.41) is 15.7. The number of thiazole rings is 1. The predicted octanol–water partition coefficient (Wildman–Crippen LogP) is 4.70. The first-order chi connectivity index (χ1) is 16.8. The van der Waals surface area contributed by atoms with Crippen molar-refractivity contribution in [3.8, 4) is 0 Å². The smallest absolute Gasteiger partial charge is 0.360 e. The zero-order chi connectivity index (χ0) is 25.3. The molecule has 0 aliphatic carbocycles. The Morgan fingerprint density at radius 2 is 1.29 bits per heavy atom. The number of nitrogens with zero attached hydrogens (tertiary/aromatic N) is 3. The first kappa shape index (κ1) is 25.6. The molecule has 0 aliphatic rings. The second-order valence-corrected chi connectivity index (χ2v) is 8.92. The molecule has 1 heterocycles. The average molecular weight is 489 g/mol. The Kier molecular flexibility index (Phi) is 8.72. The lowest BCUT2D eigenvalue weighted by Gasteiger charge is -2.33. The van der Waals surface area contributed by atoms with Crippen LogP contribution in [0.2, 0.25) is 0 Å². The number of carbonyl (C=O) groups is 1. The van der Waals surface area contributed by atoms with Crippen LogP contribution >= 0.6 is 11.3 Å². The van der Waals surface area contributed by atoms with E-state index in [9.17, 15) is 9.90 Å². The number of carboxylic acids is 1. The Bertz CT molecular complexity index is 1140. The number of carboxylic acid groups (broad SMARTS) is 1. The molecule has 0 bridgehead atoms. The van der Waals surface area contributed by atoms with Crippen LogP contribution in [0.15, 0.2) is 102 Å². The van der Waals surface area contributed by atoms with Crippen LogP contribution in [0.1, 0.15) is 22.4 Å². The van der Waals surface area contributed by atoms with Gasteiger partial charge in [-0.2, -0.15) is 0 Å². The molecule has 0 unspecified atom stereocenters. The van der Waals surface area contributed by atoms with Gasteiger partial charge < -0.3 is 20.6 Å². The molecule has 3 N–H and O–H groups in total. The van der Waals surface area contributed by atoms with E-state index in [1.165, 1.54) is 0 Å². The van der Waals surface area contributed by atoms with Crippen LogP contribution in [-0.2, 0) is 15.2 Å². The molecule has 0 spiro atoms. The van der Waals surface area contributed by atoms with Crippen molar-refractivity contribution < 1.29 is 14.7 Å². The van der Waals surface area contributed by atoms with Gasteiger partial charge in [-0.3, -0.25) is 0 Å². The largest absolute Gasteiger partial charge is 0.476 e. The van der Waals surface area contributed by atoms with Gasteiger partial charge in [0.25, 0.3) is 0 Å². The number of hydrogen-bond acceptors (Lipinski definition) is 7. The van der Waals surface area contributed by atoms with Gasteiger partial charge in [-0.05, 0) is 21.1 Å². The Morgan fingerprint density at radius 3 is 1.60 bits per heavy atom. The lowest BCUT2D eigenvalue weighted by atomic mass is 9.80. The Labute approximate surface area is 209 Å². The summed E-state index contributed by atoms with van der Waals surface area (Å²) >= 11 is 1.14. The van der Waals surface area contributed by atoms with E-state index in [1.54, 1.807) is 5.38 Å². The molecule has 0 saturated heterocycles. The third-order valence-electron chi connectivity index (χ3n) is 4.78. The number of nitrogen functional groups attached to an aromatic ring is 1. The molecule has 35 heavy (non-hydrogen) atoms. The fourth-order valence-electron chi connectivity index (χ4n) is 3.38. The number of anilines is 1. The molecule has 4 aromatic rings. The van der Waals surface area contributed by atoms with E-state index in [1.807, 2.05) is 117 Å². The van der Waals surface area contributed by atoms with Crippen molar-refractivity contribution in [2.24, 2.45) is 5.16 Å². The van der Waals surface area contributed by atoms with Crippen LogP contribution in [0.4, 0.5) is 5.13 Å². The summed E-state index contributed by atoms with van der Waals surface area (Å²) in [6.45, 7) is 0. The zero-order valence-corrected chi connectivity index (χ0v) is 20.6. The molecule has 0 aliphatic heterocycles. The van der Waals surface area contributed by atoms with Crippen LogP contribution in [0.3, 0.4) is 0 Å². The van der Waals surface area contributed by atoms with Gasteiger partial charge in [0.05, 0.1) is 0 Å². The monoisotopic (exact) mass is 488 g/mol. The SMILES string of the molecule is CN(C)C.Nc1nc(/C(=N/OC(c2ccccc2)(c2ccccc2)c2ccccc2)C(=O)O)cs1. The summed E-state index contributed by atoms with van der Waals surface area (Å²) in [6, 6.07) is 28.7. The lowest BCUT2D eigenvalue weighted by Crippen LogP contribution is -2.32. The molecule has 0 fully saturated rings. The topological polar surface area (TPSA) is 101 Å². The standard InChI is InChI=1S/C24H19N3O3S.C3H9N/c25-23-26-20(16-31-23)21(22(28)29)27-30-24(17-10-4-1-5-11-17,18-12-6-2-7-13-18)19-14-8-3-9-15-19;1-4(2)3/h1-16H,(H2,25,26)(H,28,29);1-3H3/b27-21-;. The van der Waals surface area contributed by atoms with E-state index >= 15 is 0 Å². The number of nitrogens with two attached hydrogens (primary N) is 1. The molecular weight excluding hydrogens is 460 g/mol. The fourth-order valence-corrected chi connectivity index (χ4v) is 3.93. The van der Waals surface area contributed by atoms with Gasteiger partial charge >= 0.3 is 5.97 Å². The normalized spacial score (nSPS) is 11.5. The number of aromatic nitrogens is 1. The van der Waals surface area contributed by atoms with Crippen molar-refractivity contribution in [1.29, 1.82) is 0 Å². The summed E-state index contributed by atoms with van der Waals surface area (Å²) in [6.07, 6.45) is 0. The molecule has 7 nitrogen and oxygen atoms in total. The highest BCUT2D eigenvalue weighted by molar-refractivity contribution is 7.13. The number of hydrogen-bond donors (Lipinski definition) is 2.